The summed E-state index contributed by atoms with van der Waals surface area (Å²) in [6, 6.07) is 3.65. The van der Waals surface area contributed by atoms with Gasteiger partial charge in [-0.15, -0.1) is 5.73 Å². The second kappa shape index (κ2) is 6.12. The van der Waals surface area contributed by atoms with Crippen LogP contribution < -0.4 is 5.63 Å². The molecule has 2 heterocycles. The van der Waals surface area contributed by atoms with Gasteiger partial charge in [0.05, 0.1) is 19.7 Å². The van der Waals surface area contributed by atoms with Gasteiger partial charge in [-0.2, -0.15) is 0 Å². The van der Waals surface area contributed by atoms with Crippen molar-refractivity contribution in [2.75, 3.05) is 20.6 Å². The first kappa shape index (κ1) is 17.6. The minimum Gasteiger partial charge on any atom is -0.460 e. The fraction of sp³-hybridized carbons (Fsp3) is 0.304. The molecule has 0 saturated carbocycles. The molecule has 4 heteroatoms. The van der Waals surface area contributed by atoms with Crippen LogP contribution in [0.25, 0.3) is 21.9 Å². The number of allylic oxidation sites excluding steroid dienone is 1. The zero-order valence-electron chi connectivity index (χ0n) is 16.5. The Bertz CT molecular complexity index is 1230. The van der Waals surface area contributed by atoms with Crippen molar-refractivity contribution in [3.63, 3.8) is 0 Å². The normalized spacial score (nSPS) is 13.9. The highest BCUT2D eigenvalue weighted by Crippen LogP contribution is 2.35. The Morgan fingerprint density at radius 1 is 1.00 bits per heavy atom. The zero-order valence-corrected chi connectivity index (χ0v) is 16.5. The highest BCUT2D eigenvalue weighted by molar-refractivity contribution is 5.99. The lowest BCUT2D eigenvalue weighted by Gasteiger charge is -2.29. The molecule has 0 atom stereocenters. The molecule has 4 nitrogen and oxygen atoms in total. The molecule has 0 unspecified atom stereocenters. The molecule has 3 aromatic rings. The van der Waals surface area contributed by atoms with E-state index in [4.69, 9.17) is 8.83 Å². The van der Waals surface area contributed by atoms with Gasteiger partial charge in [0.1, 0.15) is 30.0 Å². The molecule has 1 aliphatic carbocycles. The number of hydrogen-bond donors (Lipinski definition) is 0. The van der Waals surface area contributed by atoms with Crippen molar-refractivity contribution in [2.24, 2.45) is 0 Å². The van der Waals surface area contributed by atoms with Gasteiger partial charge < -0.3 is 13.3 Å². The summed E-state index contributed by atoms with van der Waals surface area (Å²) >= 11 is 0. The van der Waals surface area contributed by atoms with Crippen LogP contribution in [0.1, 0.15) is 22.5 Å². The lowest BCUT2D eigenvalue weighted by atomic mass is 10.0. The van der Waals surface area contributed by atoms with Gasteiger partial charge in [0.25, 0.3) is 0 Å². The molecule has 0 aliphatic heterocycles. The highest BCUT2D eigenvalue weighted by Gasteiger charge is 2.25. The van der Waals surface area contributed by atoms with Crippen LogP contribution in [0.15, 0.2) is 55.3 Å². The van der Waals surface area contributed by atoms with E-state index in [0.717, 1.165) is 50.8 Å². The highest BCUT2D eigenvalue weighted by atomic mass is 16.4. The first-order chi connectivity index (χ1) is 12.7. The quantitative estimate of drug-likeness (QED) is 0.384. The van der Waals surface area contributed by atoms with Gasteiger partial charge in [0, 0.05) is 28.0 Å². The van der Waals surface area contributed by atoms with Crippen LogP contribution in [0.3, 0.4) is 0 Å². The maximum atomic E-state index is 11.8. The van der Waals surface area contributed by atoms with Crippen LogP contribution in [-0.4, -0.2) is 25.1 Å². The van der Waals surface area contributed by atoms with E-state index in [-0.39, 0.29) is 5.63 Å². The van der Waals surface area contributed by atoms with Gasteiger partial charge in [0.15, 0.2) is 0 Å². The molecule has 0 fully saturated rings. The zero-order chi connectivity index (χ0) is 19.3. The number of quaternary nitrogens is 1. The molecule has 2 aromatic heterocycles. The van der Waals surface area contributed by atoms with E-state index >= 15 is 0 Å². The number of hydrogen-bond acceptors (Lipinski definition) is 3. The Hall–Kier alpha value is -2.81. The first-order valence-electron chi connectivity index (χ1n) is 9.15. The number of benzene rings is 1. The first-order valence-corrected chi connectivity index (χ1v) is 9.15. The van der Waals surface area contributed by atoms with E-state index in [1.807, 2.05) is 32.9 Å². The lowest BCUT2D eigenvalue weighted by Crippen LogP contribution is -2.40. The van der Waals surface area contributed by atoms with Crippen molar-refractivity contribution in [3.8, 4) is 0 Å². The molecule has 0 bridgehead atoms. The number of likely N-dealkylation sites (N-methyl/N-ethyl adjacent to an activating group) is 1. The monoisotopic (exact) mass is 362 g/mol. The average Bonchev–Trinajstić information content (AvgIpc) is 3.18. The van der Waals surface area contributed by atoms with Gasteiger partial charge in [-0.05, 0) is 44.6 Å². The van der Waals surface area contributed by atoms with E-state index in [0.29, 0.717) is 5.58 Å². The number of nitrogens with zero attached hydrogens (tertiary/aromatic N) is 1. The lowest BCUT2D eigenvalue weighted by molar-refractivity contribution is -0.898. The third-order valence-electron chi connectivity index (χ3n) is 5.27. The largest absolute Gasteiger partial charge is 0.460 e. The summed E-state index contributed by atoms with van der Waals surface area (Å²) in [7, 11) is 4.44. The van der Waals surface area contributed by atoms with E-state index in [1.165, 1.54) is 11.1 Å². The van der Waals surface area contributed by atoms with Crippen LogP contribution in [0, 0.1) is 20.8 Å². The Balaban J connectivity index is 1.86. The van der Waals surface area contributed by atoms with Crippen molar-refractivity contribution in [1.29, 1.82) is 0 Å². The summed E-state index contributed by atoms with van der Waals surface area (Å²) < 4.78 is 12.4. The van der Waals surface area contributed by atoms with Gasteiger partial charge in [-0.1, -0.05) is 6.08 Å². The number of aryl methyl sites for hydroxylation is 3. The molecule has 0 radical (unpaired) electrons. The van der Waals surface area contributed by atoms with Crippen LogP contribution >= 0.6 is 0 Å². The van der Waals surface area contributed by atoms with Crippen molar-refractivity contribution in [1.82, 2.24) is 0 Å². The van der Waals surface area contributed by atoms with Crippen molar-refractivity contribution in [3.05, 3.63) is 74.5 Å². The number of fused-ring (bicyclic) bond motifs is 2. The minimum absolute atomic E-state index is 0.324. The number of rotatable bonds is 4. The van der Waals surface area contributed by atoms with Crippen molar-refractivity contribution < 1.29 is 13.3 Å². The molecule has 4 rings (SSSR count). The van der Waals surface area contributed by atoms with Crippen LogP contribution in [0.4, 0.5) is 0 Å². The maximum absolute atomic E-state index is 11.8. The Morgan fingerprint density at radius 2 is 1.74 bits per heavy atom. The van der Waals surface area contributed by atoms with E-state index in [1.54, 1.807) is 6.07 Å². The second-order valence-corrected chi connectivity index (χ2v) is 8.09. The predicted octanol–water partition coefficient (Wildman–Crippen LogP) is 4.69. The van der Waals surface area contributed by atoms with Crippen molar-refractivity contribution in [2.45, 2.75) is 27.3 Å². The van der Waals surface area contributed by atoms with Gasteiger partial charge >= 0.3 is 5.63 Å². The SMILES string of the molecule is Cc1oc2c(C)c3oc(=O)cc(C)c3cc2c1C[N+](C)(C)CC1=C=CC=C1. The summed E-state index contributed by atoms with van der Waals surface area (Å²) in [6.07, 6.45) is 6.10. The fourth-order valence-corrected chi connectivity index (χ4v) is 3.96. The molecule has 0 amide bonds. The van der Waals surface area contributed by atoms with E-state index in [9.17, 15) is 4.79 Å². The fourth-order valence-electron chi connectivity index (χ4n) is 3.96. The summed E-state index contributed by atoms with van der Waals surface area (Å²) in [5, 5.41) is 2.07. The summed E-state index contributed by atoms with van der Waals surface area (Å²) in [6.45, 7) is 7.66. The molecular formula is C23H24NO3+. The summed E-state index contributed by atoms with van der Waals surface area (Å²) in [5.41, 5.74) is 8.62. The second-order valence-electron chi connectivity index (χ2n) is 8.09. The summed E-state index contributed by atoms with van der Waals surface area (Å²) in [5.74, 6) is 0.918. The Kier molecular flexibility index (Phi) is 3.99. The van der Waals surface area contributed by atoms with Crippen LogP contribution in [0.5, 0.6) is 0 Å². The Morgan fingerprint density at radius 3 is 2.44 bits per heavy atom. The molecule has 0 spiro atoms. The third-order valence-corrected chi connectivity index (χ3v) is 5.27. The van der Waals surface area contributed by atoms with Gasteiger partial charge in [-0.25, -0.2) is 4.79 Å². The van der Waals surface area contributed by atoms with Crippen molar-refractivity contribution >= 4 is 21.9 Å². The standard InChI is InChI=1S/C23H24NO3/c1-14-10-21(25)27-22-15(2)23-19(11-18(14)22)20(16(3)26-23)13-24(4,5)12-17-8-6-7-9-17/h6-8,10-11H,12-13H2,1-5H3/q+1. The molecular weight excluding hydrogens is 338 g/mol. The maximum Gasteiger partial charge on any atom is 0.336 e. The Labute approximate surface area is 158 Å². The molecule has 1 aromatic carbocycles. The van der Waals surface area contributed by atoms with E-state index in [2.05, 4.69) is 32.0 Å². The average molecular weight is 362 g/mol. The smallest absolute Gasteiger partial charge is 0.336 e. The molecule has 0 N–H and O–H groups in total. The van der Waals surface area contributed by atoms with Crippen LogP contribution in [-0.2, 0) is 6.54 Å². The molecule has 0 saturated heterocycles. The molecule has 27 heavy (non-hydrogen) atoms. The predicted molar refractivity (Wildman–Crippen MR) is 108 cm³/mol. The third kappa shape index (κ3) is 3.08. The molecule has 138 valence electrons. The van der Waals surface area contributed by atoms with Crippen LogP contribution in [0.2, 0.25) is 0 Å². The minimum atomic E-state index is -0.324. The molecule has 1 aliphatic rings. The van der Waals surface area contributed by atoms with E-state index < -0.39 is 0 Å². The van der Waals surface area contributed by atoms with Gasteiger partial charge in [-0.3, -0.25) is 0 Å². The van der Waals surface area contributed by atoms with Gasteiger partial charge in [0.2, 0.25) is 0 Å². The topological polar surface area (TPSA) is 43.4 Å². The summed E-state index contributed by atoms with van der Waals surface area (Å²) in [4.78, 5) is 11.8. The number of furan rings is 1.